The van der Waals surface area contributed by atoms with Gasteiger partial charge >= 0.3 is 0 Å². The zero-order valence-corrected chi connectivity index (χ0v) is 9.28. The van der Waals surface area contributed by atoms with Crippen LogP contribution in [0.15, 0.2) is 39.7 Å². The van der Waals surface area contributed by atoms with Crippen LogP contribution in [0.4, 0.5) is 4.39 Å². The molecule has 6 nitrogen and oxygen atoms in total. The lowest BCUT2D eigenvalue weighted by Crippen LogP contribution is -2.13. The van der Waals surface area contributed by atoms with Crippen molar-refractivity contribution in [1.82, 2.24) is 15.2 Å². The van der Waals surface area contributed by atoms with Gasteiger partial charge in [-0.3, -0.25) is 5.10 Å². The van der Waals surface area contributed by atoms with E-state index in [9.17, 15) is 4.39 Å². The van der Waals surface area contributed by atoms with Crippen molar-refractivity contribution in [3.8, 4) is 0 Å². The molecule has 2 aromatic rings. The Balaban J connectivity index is 2.26. The molecule has 1 aromatic heterocycles. The number of hydrogen-bond acceptors (Lipinski definition) is 5. The fraction of sp³-hybridized carbons (Fsp3) is 0. The third-order valence-electron chi connectivity index (χ3n) is 1.93. The zero-order chi connectivity index (χ0) is 12.3. The van der Waals surface area contributed by atoms with E-state index in [0.29, 0.717) is 15.6 Å². The quantitative estimate of drug-likeness (QED) is 0.330. The first kappa shape index (κ1) is 11.4. The average molecular weight is 253 g/mol. The highest BCUT2D eigenvalue weighted by atomic mass is 32.2. The van der Waals surface area contributed by atoms with Gasteiger partial charge in [-0.2, -0.15) is 5.10 Å². The van der Waals surface area contributed by atoms with Crippen molar-refractivity contribution in [3.05, 3.63) is 35.9 Å². The summed E-state index contributed by atoms with van der Waals surface area (Å²) >= 11 is 1.10. The number of nitrogens with two attached hydrogens (primary N) is 1. The lowest BCUT2D eigenvalue weighted by molar-refractivity contribution is 0.318. The molecule has 0 saturated heterocycles. The Morgan fingerprint density at radius 3 is 2.94 bits per heavy atom. The zero-order valence-electron chi connectivity index (χ0n) is 8.46. The maximum atomic E-state index is 13.7. The number of nitrogens with zero attached hydrogens (tertiary/aromatic N) is 3. The Hall–Kier alpha value is -2.09. The van der Waals surface area contributed by atoms with Gasteiger partial charge in [0.25, 0.3) is 0 Å². The summed E-state index contributed by atoms with van der Waals surface area (Å²) in [5.41, 5.74) is 5.66. The standard InChI is InChI=1S/C9H8FN5OS/c10-6-3-5(8(11)15-16)1-2-7(6)17-9-12-4-13-14-9/h1-4,16H,(H2,11,15)(H,12,13,14). The maximum Gasteiger partial charge on any atom is 0.188 e. The van der Waals surface area contributed by atoms with Gasteiger partial charge in [0.1, 0.15) is 12.1 Å². The van der Waals surface area contributed by atoms with Crippen LogP contribution in [0.5, 0.6) is 0 Å². The third kappa shape index (κ3) is 2.53. The Morgan fingerprint density at radius 1 is 1.53 bits per heavy atom. The van der Waals surface area contributed by atoms with Crippen LogP contribution in [-0.4, -0.2) is 26.2 Å². The third-order valence-corrected chi connectivity index (χ3v) is 2.88. The highest BCUT2D eigenvalue weighted by Crippen LogP contribution is 2.27. The summed E-state index contributed by atoms with van der Waals surface area (Å²) in [5, 5.41) is 18.0. The monoisotopic (exact) mass is 253 g/mol. The topological polar surface area (TPSA) is 100 Å². The Labute approximate surface area is 99.7 Å². The SMILES string of the molecule is N/C(=N\O)c1ccc(Sc2ncn[nH]2)c(F)c1. The van der Waals surface area contributed by atoms with Crippen molar-refractivity contribution in [3.63, 3.8) is 0 Å². The number of aromatic nitrogens is 3. The first-order valence-corrected chi connectivity index (χ1v) is 5.33. The molecule has 0 radical (unpaired) electrons. The molecule has 0 aliphatic carbocycles. The van der Waals surface area contributed by atoms with Crippen LogP contribution in [0.1, 0.15) is 5.56 Å². The summed E-state index contributed by atoms with van der Waals surface area (Å²) in [6.45, 7) is 0. The van der Waals surface area contributed by atoms with E-state index < -0.39 is 5.82 Å². The number of H-pyrrole nitrogens is 1. The summed E-state index contributed by atoms with van der Waals surface area (Å²) in [6, 6.07) is 4.26. The number of rotatable bonds is 3. The fourth-order valence-electron chi connectivity index (χ4n) is 1.15. The molecule has 0 saturated carbocycles. The molecule has 0 aliphatic heterocycles. The fourth-order valence-corrected chi connectivity index (χ4v) is 1.85. The van der Waals surface area contributed by atoms with E-state index in [4.69, 9.17) is 10.9 Å². The van der Waals surface area contributed by atoms with Gasteiger partial charge in [-0.1, -0.05) is 5.16 Å². The van der Waals surface area contributed by atoms with Crippen LogP contribution in [0.25, 0.3) is 0 Å². The van der Waals surface area contributed by atoms with Gasteiger partial charge in [0.15, 0.2) is 11.0 Å². The predicted molar refractivity (Wildman–Crippen MR) is 59.4 cm³/mol. The van der Waals surface area contributed by atoms with Crippen molar-refractivity contribution in [2.24, 2.45) is 10.9 Å². The minimum absolute atomic E-state index is 0.139. The van der Waals surface area contributed by atoms with Gasteiger partial charge in [0.05, 0.1) is 4.90 Å². The van der Waals surface area contributed by atoms with E-state index in [1.807, 2.05) is 0 Å². The molecule has 0 aliphatic rings. The minimum Gasteiger partial charge on any atom is -0.409 e. The molecule has 0 spiro atoms. The first-order valence-electron chi connectivity index (χ1n) is 4.51. The molecule has 0 bridgehead atoms. The highest BCUT2D eigenvalue weighted by molar-refractivity contribution is 7.99. The molecule has 0 unspecified atom stereocenters. The smallest absolute Gasteiger partial charge is 0.188 e. The number of amidine groups is 1. The number of benzene rings is 1. The first-order chi connectivity index (χ1) is 8.20. The Morgan fingerprint density at radius 2 is 2.35 bits per heavy atom. The molecular weight excluding hydrogens is 245 g/mol. The second kappa shape index (κ2) is 4.83. The highest BCUT2D eigenvalue weighted by Gasteiger charge is 2.09. The second-order valence-corrected chi connectivity index (χ2v) is 4.05. The summed E-state index contributed by atoms with van der Waals surface area (Å²) in [6.07, 6.45) is 1.34. The van der Waals surface area contributed by atoms with Crippen LogP contribution in [-0.2, 0) is 0 Å². The summed E-state index contributed by atoms with van der Waals surface area (Å²) in [7, 11) is 0. The molecule has 8 heteroatoms. The van der Waals surface area contributed by atoms with Crippen LogP contribution in [0.3, 0.4) is 0 Å². The van der Waals surface area contributed by atoms with E-state index in [-0.39, 0.29) is 5.84 Å². The maximum absolute atomic E-state index is 13.7. The van der Waals surface area contributed by atoms with Gasteiger partial charge in [0, 0.05) is 5.56 Å². The Kier molecular flexibility index (Phi) is 3.24. The van der Waals surface area contributed by atoms with Gasteiger partial charge in [-0.25, -0.2) is 9.37 Å². The van der Waals surface area contributed by atoms with Gasteiger partial charge < -0.3 is 10.9 Å². The number of halogens is 1. The summed E-state index contributed by atoms with van der Waals surface area (Å²) in [4.78, 5) is 4.24. The number of aromatic amines is 1. The largest absolute Gasteiger partial charge is 0.409 e. The van der Waals surface area contributed by atoms with Crippen molar-refractivity contribution in [1.29, 1.82) is 0 Å². The van der Waals surface area contributed by atoms with Gasteiger partial charge in [-0.15, -0.1) is 0 Å². The summed E-state index contributed by atoms with van der Waals surface area (Å²) in [5.74, 6) is -0.615. The van der Waals surface area contributed by atoms with Gasteiger partial charge in [-0.05, 0) is 30.0 Å². The van der Waals surface area contributed by atoms with Crippen molar-refractivity contribution in [2.75, 3.05) is 0 Å². The number of nitrogens with one attached hydrogen (secondary N) is 1. The molecule has 0 atom stereocenters. The molecule has 0 amide bonds. The molecule has 88 valence electrons. The predicted octanol–water partition coefficient (Wildman–Crippen LogP) is 1.19. The van der Waals surface area contributed by atoms with Crippen molar-refractivity contribution in [2.45, 2.75) is 10.1 Å². The van der Waals surface area contributed by atoms with Crippen LogP contribution < -0.4 is 5.73 Å². The number of oxime groups is 1. The summed E-state index contributed by atoms with van der Waals surface area (Å²) < 4.78 is 13.7. The molecule has 2 rings (SSSR count). The van der Waals surface area contributed by atoms with E-state index in [2.05, 4.69) is 20.3 Å². The minimum atomic E-state index is -0.476. The van der Waals surface area contributed by atoms with Crippen LogP contribution in [0.2, 0.25) is 0 Å². The Bertz CT molecular complexity index is 542. The molecule has 1 heterocycles. The second-order valence-electron chi connectivity index (χ2n) is 3.02. The van der Waals surface area contributed by atoms with Gasteiger partial charge in [0.2, 0.25) is 0 Å². The lowest BCUT2D eigenvalue weighted by Gasteiger charge is -2.03. The van der Waals surface area contributed by atoms with E-state index in [1.54, 1.807) is 6.07 Å². The van der Waals surface area contributed by atoms with E-state index in [0.717, 1.165) is 11.8 Å². The van der Waals surface area contributed by atoms with E-state index >= 15 is 0 Å². The molecule has 1 aromatic carbocycles. The number of hydrogen-bond donors (Lipinski definition) is 3. The van der Waals surface area contributed by atoms with Crippen molar-refractivity contribution < 1.29 is 9.60 Å². The molecular formula is C9H8FN5OS. The lowest BCUT2D eigenvalue weighted by atomic mass is 10.2. The van der Waals surface area contributed by atoms with Crippen LogP contribution >= 0.6 is 11.8 Å². The van der Waals surface area contributed by atoms with Crippen LogP contribution in [0, 0.1) is 5.82 Å². The molecule has 4 N–H and O–H groups in total. The molecule has 17 heavy (non-hydrogen) atoms. The molecule has 0 fully saturated rings. The average Bonchev–Trinajstić information content (AvgIpc) is 2.83. The van der Waals surface area contributed by atoms with Crippen molar-refractivity contribution >= 4 is 17.6 Å². The van der Waals surface area contributed by atoms with E-state index in [1.165, 1.54) is 18.5 Å². The normalized spacial score (nSPS) is 11.7.